The molecule has 0 aromatic heterocycles. The number of carbonyl (C=O) groups is 1. The molecule has 0 bridgehead atoms. The van der Waals surface area contributed by atoms with E-state index in [4.69, 9.17) is 10.00 Å². The molecule has 1 aromatic rings. The minimum absolute atomic E-state index is 0.169. The first kappa shape index (κ1) is 12.0. The number of hydrogen-bond acceptors (Lipinski definition) is 3. The van der Waals surface area contributed by atoms with Gasteiger partial charge in [0.25, 0.3) is 0 Å². The number of ether oxygens (including phenoxy) is 1. The van der Waals surface area contributed by atoms with E-state index in [1.165, 1.54) is 0 Å². The van der Waals surface area contributed by atoms with Gasteiger partial charge in [0.15, 0.2) is 0 Å². The molecule has 1 heterocycles. The Morgan fingerprint density at radius 1 is 1.37 bits per heavy atom. The molecule has 0 saturated heterocycles. The van der Waals surface area contributed by atoms with Crippen molar-refractivity contribution in [1.29, 1.82) is 5.26 Å². The second-order valence-electron chi connectivity index (χ2n) is 5.28. The van der Waals surface area contributed by atoms with Gasteiger partial charge in [-0.1, -0.05) is 0 Å². The molecule has 98 valence electrons. The molecule has 0 atom stereocenters. The summed E-state index contributed by atoms with van der Waals surface area (Å²) in [6.07, 6.45) is 4.28. The van der Waals surface area contributed by atoms with Gasteiger partial charge in [-0.05, 0) is 55.9 Å². The van der Waals surface area contributed by atoms with E-state index >= 15 is 0 Å². The van der Waals surface area contributed by atoms with Crippen LogP contribution in [-0.2, 0) is 11.2 Å². The van der Waals surface area contributed by atoms with Gasteiger partial charge < -0.3 is 10.1 Å². The molecule has 3 rings (SSSR count). The van der Waals surface area contributed by atoms with Crippen molar-refractivity contribution in [3.8, 4) is 11.8 Å². The molecule has 1 saturated carbocycles. The van der Waals surface area contributed by atoms with Crippen molar-refractivity contribution in [2.75, 3.05) is 11.9 Å². The zero-order valence-electron chi connectivity index (χ0n) is 10.7. The summed E-state index contributed by atoms with van der Waals surface area (Å²) in [4.78, 5) is 12.2. The van der Waals surface area contributed by atoms with Crippen LogP contribution < -0.4 is 10.1 Å². The van der Waals surface area contributed by atoms with Crippen molar-refractivity contribution in [3.63, 3.8) is 0 Å². The highest BCUT2D eigenvalue weighted by Gasteiger charge is 2.44. The lowest BCUT2D eigenvalue weighted by molar-refractivity contribution is -0.126. The summed E-state index contributed by atoms with van der Waals surface area (Å²) in [7, 11) is 0. The third-order valence-electron chi connectivity index (χ3n) is 4.02. The summed E-state index contributed by atoms with van der Waals surface area (Å²) in [6, 6.07) is 7.85. The van der Waals surface area contributed by atoms with Crippen LogP contribution in [-0.4, -0.2) is 12.5 Å². The molecule has 0 unspecified atom stereocenters. The fourth-order valence-corrected chi connectivity index (χ4v) is 2.61. The molecule has 4 heteroatoms. The van der Waals surface area contributed by atoms with E-state index in [9.17, 15) is 4.79 Å². The molecule has 1 aromatic carbocycles. The van der Waals surface area contributed by atoms with Crippen LogP contribution in [0.1, 0.15) is 31.2 Å². The first-order valence-electron chi connectivity index (χ1n) is 6.72. The van der Waals surface area contributed by atoms with Gasteiger partial charge in [0.05, 0.1) is 12.7 Å². The molecule has 4 nitrogen and oxygen atoms in total. The highest BCUT2D eigenvalue weighted by Crippen LogP contribution is 2.41. The van der Waals surface area contributed by atoms with Crippen molar-refractivity contribution in [3.05, 3.63) is 23.8 Å². The fraction of sp³-hybridized carbons (Fsp3) is 0.467. The molecular formula is C15H16N2O2. The Morgan fingerprint density at radius 2 is 2.21 bits per heavy atom. The van der Waals surface area contributed by atoms with Gasteiger partial charge in [-0.3, -0.25) is 4.79 Å². The Bertz CT molecular complexity index is 556. The third-order valence-corrected chi connectivity index (χ3v) is 4.02. The van der Waals surface area contributed by atoms with E-state index < -0.39 is 5.41 Å². The highest BCUT2D eigenvalue weighted by molar-refractivity contribution is 5.98. The third kappa shape index (κ3) is 2.06. The van der Waals surface area contributed by atoms with E-state index in [-0.39, 0.29) is 5.91 Å². The fourth-order valence-electron chi connectivity index (χ4n) is 2.61. The van der Waals surface area contributed by atoms with Gasteiger partial charge in [0.1, 0.15) is 11.2 Å². The Morgan fingerprint density at radius 3 is 2.89 bits per heavy atom. The van der Waals surface area contributed by atoms with E-state index in [1.54, 1.807) is 0 Å². The van der Waals surface area contributed by atoms with E-state index in [0.717, 1.165) is 42.9 Å². The molecule has 19 heavy (non-hydrogen) atoms. The molecule has 1 amide bonds. The minimum Gasteiger partial charge on any atom is -0.493 e. The molecule has 0 radical (unpaired) electrons. The maximum atomic E-state index is 12.2. The van der Waals surface area contributed by atoms with E-state index in [2.05, 4.69) is 11.4 Å². The number of nitrogens with one attached hydrogen (secondary N) is 1. The number of anilines is 1. The normalized spacial score (nSPS) is 19.3. The molecule has 0 spiro atoms. The second-order valence-corrected chi connectivity index (χ2v) is 5.28. The summed E-state index contributed by atoms with van der Waals surface area (Å²) < 4.78 is 5.54. The van der Waals surface area contributed by atoms with Gasteiger partial charge in [-0.25, -0.2) is 0 Å². The maximum Gasteiger partial charge on any atom is 0.244 e. The largest absolute Gasteiger partial charge is 0.493 e. The number of hydrogen-bond donors (Lipinski definition) is 1. The molecule has 1 aliphatic heterocycles. The number of nitriles is 1. The van der Waals surface area contributed by atoms with Crippen LogP contribution in [0.4, 0.5) is 5.69 Å². The van der Waals surface area contributed by atoms with Crippen LogP contribution in [0.15, 0.2) is 18.2 Å². The minimum atomic E-state index is -0.799. The number of fused-ring (bicyclic) bond motifs is 1. The lowest BCUT2D eigenvalue weighted by atomic mass is 9.69. The number of nitrogens with zero attached hydrogens (tertiary/aromatic N) is 1. The number of benzene rings is 1. The summed E-state index contributed by atoms with van der Waals surface area (Å²) in [5.74, 6) is 0.737. The van der Waals surface area contributed by atoms with Crippen LogP contribution in [0, 0.1) is 16.7 Å². The SMILES string of the molecule is N#CC1(C(=O)Nc2ccc3c(c2)CCCO3)CCC1. The number of aryl methyl sites for hydroxylation is 1. The first-order chi connectivity index (χ1) is 9.23. The number of carbonyl (C=O) groups excluding carboxylic acids is 1. The predicted molar refractivity (Wildman–Crippen MR) is 70.8 cm³/mol. The number of amides is 1. The molecule has 1 fully saturated rings. The van der Waals surface area contributed by atoms with Gasteiger partial charge in [0, 0.05) is 5.69 Å². The van der Waals surface area contributed by atoms with Crippen molar-refractivity contribution >= 4 is 11.6 Å². The zero-order chi connectivity index (χ0) is 13.3. The second kappa shape index (κ2) is 4.58. The first-order valence-corrected chi connectivity index (χ1v) is 6.72. The van der Waals surface area contributed by atoms with E-state index in [0.29, 0.717) is 12.8 Å². The Kier molecular flexibility index (Phi) is 2.90. The monoisotopic (exact) mass is 256 g/mol. The predicted octanol–water partition coefficient (Wildman–Crippen LogP) is 2.64. The van der Waals surface area contributed by atoms with Crippen molar-refractivity contribution in [1.82, 2.24) is 0 Å². The maximum absolute atomic E-state index is 12.2. The van der Waals surface area contributed by atoms with Gasteiger partial charge >= 0.3 is 0 Å². The van der Waals surface area contributed by atoms with Gasteiger partial charge in [-0.15, -0.1) is 0 Å². The lowest BCUT2D eigenvalue weighted by Crippen LogP contribution is -2.40. The van der Waals surface area contributed by atoms with Crippen LogP contribution in [0.3, 0.4) is 0 Å². The van der Waals surface area contributed by atoms with E-state index in [1.807, 2.05) is 18.2 Å². The summed E-state index contributed by atoms with van der Waals surface area (Å²) >= 11 is 0. The average Bonchev–Trinajstić information content (AvgIpc) is 2.38. The molecule has 1 aliphatic carbocycles. The Hall–Kier alpha value is -2.02. The van der Waals surface area contributed by atoms with Crippen LogP contribution in [0.5, 0.6) is 5.75 Å². The average molecular weight is 256 g/mol. The molecule has 1 N–H and O–H groups in total. The van der Waals surface area contributed by atoms with Crippen LogP contribution >= 0.6 is 0 Å². The Balaban J connectivity index is 1.77. The lowest BCUT2D eigenvalue weighted by Gasteiger charge is -2.33. The summed E-state index contributed by atoms with van der Waals surface area (Å²) in [6.45, 7) is 0.760. The van der Waals surface area contributed by atoms with Crippen LogP contribution in [0.25, 0.3) is 0 Å². The standard InChI is InChI=1S/C15H16N2O2/c16-10-15(6-2-7-15)14(18)17-12-4-5-13-11(9-12)3-1-8-19-13/h4-5,9H,1-3,6-8H2,(H,17,18). The van der Waals surface area contributed by atoms with Crippen molar-refractivity contribution in [2.45, 2.75) is 32.1 Å². The topological polar surface area (TPSA) is 62.1 Å². The van der Waals surface area contributed by atoms with Gasteiger partial charge in [0.2, 0.25) is 5.91 Å². The number of rotatable bonds is 2. The van der Waals surface area contributed by atoms with Crippen molar-refractivity contribution < 1.29 is 9.53 Å². The molecule has 2 aliphatic rings. The quantitative estimate of drug-likeness (QED) is 0.884. The highest BCUT2D eigenvalue weighted by atomic mass is 16.5. The smallest absolute Gasteiger partial charge is 0.244 e. The Labute approximate surface area is 112 Å². The molecular weight excluding hydrogens is 240 g/mol. The zero-order valence-corrected chi connectivity index (χ0v) is 10.7. The van der Waals surface area contributed by atoms with Gasteiger partial charge in [-0.2, -0.15) is 5.26 Å². The van der Waals surface area contributed by atoms with Crippen LogP contribution in [0.2, 0.25) is 0 Å². The summed E-state index contributed by atoms with van der Waals surface area (Å²) in [5.41, 5.74) is 1.09. The summed E-state index contributed by atoms with van der Waals surface area (Å²) in [5, 5.41) is 12.0. The van der Waals surface area contributed by atoms with Crippen molar-refractivity contribution in [2.24, 2.45) is 5.41 Å².